The molecule has 6 nitrogen and oxygen atoms in total. The van der Waals surface area contributed by atoms with Crippen LogP contribution in [0.25, 0.3) is 10.8 Å². The van der Waals surface area contributed by atoms with E-state index in [-0.39, 0.29) is 5.56 Å². The normalized spacial score (nSPS) is 10.2. The number of thiocyanates is 1. The molecule has 3 aromatic rings. The van der Waals surface area contributed by atoms with Gasteiger partial charge in [-0.3, -0.25) is 4.79 Å². The van der Waals surface area contributed by atoms with Gasteiger partial charge in [-0.2, -0.15) is 5.26 Å². The predicted molar refractivity (Wildman–Crippen MR) is 112 cm³/mol. The highest BCUT2D eigenvalue weighted by Crippen LogP contribution is 2.27. The third-order valence-corrected chi connectivity index (χ3v) is 4.84. The maximum atomic E-state index is 12.5. The number of carbonyl (C=O) groups excluding carboxylic acids is 2. The standard InChI is InChI=1S/C22H18N2O4S/c1-14-9-17(29-13-23)7-8-19(14)24-21(25)12-28-22(26)18-10-15-5-3-4-6-16(15)11-20(18)27-2/h3-11H,12H2,1-2H3,(H,24,25). The number of aryl methyl sites for hydroxylation is 1. The third-order valence-electron chi connectivity index (χ3n) is 4.26. The van der Waals surface area contributed by atoms with Crippen LogP contribution in [-0.4, -0.2) is 25.6 Å². The summed E-state index contributed by atoms with van der Waals surface area (Å²) in [5.74, 6) is -0.710. The van der Waals surface area contributed by atoms with Gasteiger partial charge < -0.3 is 14.8 Å². The van der Waals surface area contributed by atoms with Crippen molar-refractivity contribution in [3.05, 3.63) is 65.7 Å². The van der Waals surface area contributed by atoms with Crippen LogP contribution in [0.2, 0.25) is 0 Å². The molecule has 0 fully saturated rings. The predicted octanol–water partition coefficient (Wildman–Crippen LogP) is 4.53. The summed E-state index contributed by atoms with van der Waals surface area (Å²) in [7, 11) is 1.48. The number of carbonyl (C=O) groups is 2. The van der Waals surface area contributed by atoms with Crippen LogP contribution in [0.15, 0.2) is 59.5 Å². The van der Waals surface area contributed by atoms with Gasteiger partial charge in [-0.15, -0.1) is 0 Å². The van der Waals surface area contributed by atoms with Crippen molar-refractivity contribution in [1.29, 1.82) is 5.26 Å². The van der Waals surface area contributed by atoms with Gasteiger partial charge in [0.15, 0.2) is 6.61 Å². The average Bonchev–Trinajstić information content (AvgIpc) is 2.73. The lowest BCUT2D eigenvalue weighted by atomic mass is 10.1. The molecule has 0 aliphatic rings. The fourth-order valence-electron chi connectivity index (χ4n) is 2.84. The first-order valence-electron chi connectivity index (χ1n) is 8.72. The molecule has 3 rings (SSSR count). The van der Waals surface area contributed by atoms with E-state index in [9.17, 15) is 9.59 Å². The summed E-state index contributed by atoms with van der Waals surface area (Å²) < 4.78 is 10.5. The zero-order chi connectivity index (χ0) is 20.8. The van der Waals surface area contributed by atoms with Crippen molar-refractivity contribution in [3.63, 3.8) is 0 Å². The van der Waals surface area contributed by atoms with Crippen LogP contribution in [0.1, 0.15) is 15.9 Å². The van der Waals surface area contributed by atoms with Gasteiger partial charge in [0.2, 0.25) is 0 Å². The molecule has 0 saturated heterocycles. The Morgan fingerprint density at radius 3 is 2.48 bits per heavy atom. The van der Waals surface area contributed by atoms with E-state index in [1.165, 1.54) is 7.11 Å². The largest absolute Gasteiger partial charge is 0.496 e. The minimum Gasteiger partial charge on any atom is -0.496 e. The first-order valence-corrected chi connectivity index (χ1v) is 9.54. The molecule has 29 heavy (non-hydrogen) atoms. The van der Waals surface area contributed by atoms with Gasteiger partial charge >= 0.3 is 5.97 Å². The van der Waals surface area contributed by atoms with Crippen LogP contribution in [0.3, 0.4) is 0 Å². The summed E-state index contributed by atoms with van der Waals surface area (Å²) in [5, 5.41) is 15.2. The number of nitrogens with one attached hydrogen (secondary N) is 1. The molecule has 146 valence electrons. The molecule has 0 saturated carbocycles. The van der Waals surface area contributed by atoms with Gasteiger partial charge in [0.05, 0.1) is 7.11 Å². The number of nitriles is 1. The van der Waals surface area contributed by atoms with Crippen molar-refractivity contribution in [3.8, 4) is 11.2 Å². The highest BCUT2D eigenvalue weighted by molar-refractivity contribution is 8.03. The van der Waals surface area contributed by atoms with Crippen LogP contribution in [0, 0.1) is 17.6 Å². The van der Waals surface area contributed by atoms with Crippen molar-refractivity contribution in [1.82, 2.24) is 0 Å². The lowest BCUT2D eigenvalue weighted by Crippen LogP contribution is -2.21. The Bertz CT molecular complexity index is 1120. The van der Waals surface area contributed by atoms with Crippen LogP contribution in [-0.2, 0) is 9.53 Å². The first kappa shape index (κ1) is 20.2. The summed E-state index contributed by atoms with van der Waals surface area (Å²) in [6.45, 7) is 1.39. The zero-order valence-corrected chi connectivity index (χ0v) is 16.7. The third kappa shape index (κ3) is 4.86. The number of rotatable bonds is 6. The molecule has 7 heteroatoms. The fourth-order valence-corrected chi connectivity index (χ4v) is 3.31. The van der Waals surface area contributed by atoms with E-state index in [2.05, 4.69) is 5.32 Å². The number of amides is 1. The molecule has 0 spiro atoms. The molecule has 0 radical (unpaired) electrons. The smallest absolute Gasteiger partial charge is 0.342 e. The molecule has 0 unspecified atom stereocenters. The van der Waals surface area contributed by atoms with Gasteiger partial charge in [-0.25, -0.2) is 4.79 Å². The number of esters is 1. The van der Waals surface area contributed by atoms with E-state index in [0.29, 0.717) is 11.4 Å². The number of benzene rings is 3. The van der Waals surface area contributed by atoms with E-state index in [1.807, 2.05) is 36.6 Å². The summed E-state index contributed by atoms with van der Waals surface area (Å²) in [6, 6.07) is 16.3. The molecule has 0 heterocycles. The van der Waals surface area contributed by atoms with Crippen LogP contribution < -0.4 is 10.1 Å². The molecule has 1 N–H and O–H groups in total. The number of anilines is 1. The Morgan fingerprint density at radius 2 is 1.83 bits per heavy atom. The maximum absolute atomic E-state index is 12.5. The molecular formula is C22H18N2O4S. The quantitative estimate of drug-likeness (QED) is 0.368. The number of nitrogens with zero attached hydrogens (tertiary/aromatic N) is 1. The first-order chi connectivity index (χ1) is 14.0. The SMILES string of the molecule is COc1cc2ccccc2cc1C(=O)OCC(=O)Nc1ccc(SC#N)cc1C. The van der Waals surface area contributed by atoms with E-state index in [0.717, 1.165) is 33.0 Å². The molecule has 0 atom stereocenters. The van der Waals surface area contributed by atoms with E-state index < -0.39 is 18.5 Å². The monoisotopic (exact) mass is 406 g/mol. The second-order valence-electron chi connectivity index (χ2n) is 6.19. The molecule has 0 aliphatic carbocycles. The number of thioether (sulfide) groups is 1. The summed E-state index contributed by atoms with van der Waals surface area (Å²) >= 11 is 1.04. The Hall–Kier alpha value is -3.50. The molecule has 0 bridgehead atoms. The van der Waals surface area contributed by atoms with Crippen LogP contribution in [0.4, 0.5) is 5.69 Å². The molecule has 0 aromatic heterocycles. The highest BCUT2D eigenvalue weighted by atomic mass is 32.2. The Kier molecular flexibility index (Phi) is 6.37. The van der Waals surface area contributed by atoms with E-state index in [1.54, 1.807) is 30.3 Å². The van der Waals surface area contributed by atoms with Crippen molar-refractivity contribution in [2.24, 2.45) is 0 Å². The fraction of sp³-hybridized carbons (Fsp3) is 0.136. The number of ether oxygens (including phenoxy) is 2. The van der Waals surface area contributed by atoms with Gasteiger partial charge in [0.25, 0.3) is 5.91 Å². The molecule has 1 amide bonds. The second-order valence-corrected chi connectivity index (χ2v) is 7.05. The Morgan fingerprint density at radius 1 is 1.10 bits per heavy atom. The minimum absolute atomic E-state index is 0.257. The van der Waals surface area contributed by atoms with Crippen molar-refractivity contribution in [2.75, 3.05) is 19.0 Å². The maximum Gasteiger partial charge on any atom is 0.342 e. The average molecular weight is 406 g/mol. The van der Waals surface area contributed by atoms with Gasteiger partial charge in [-0.05, 0) is 65.4 Å². The van der Waals surface area contributed by atoms with Crippen LogP contribution >= 0.6 is 11.8 Å². The minimum atomic E-state index is -0.639. The van der Waals surface area contributed by atoms with E-state index in [4.69, 9.17) is 14.7 Å². The number of fused-ring (bicyclic) bond motifs is 1. The Labute approximate surface area is 172 Å². The lowest BCUT2D eigenvalue weighted by Gasteiger charge is -2.12. The van der Waals surface area contributed by atoms with E-state index >= 15 is 0 Å². The molecular weight excluding hydrogens is 388 g/mol. The Balaban J connectivity index is 1.67. The van der Waals surface area contributed by atoms with Crippen molar-refractivity contribution < 1.29 is 19.1 Å². The highest BCUT2D eigenvalue weighted by Gasteiger charge is 2.17. The topological polar surface area (TPSA) is 88.4 Å². The number of methoxy groups -OCH3 is 1. The summed E-state index contributed by atoms with van der Waals surface area (Å²) in [5.41, 5.74) is 1.66. The van der Waals surface area contributed by atoms with Crippen molar-refractivity contribution >= 4 is 40.1 Å². The van der Waals surface area contributed by atoms with Gasteiger partial charge in [0.1, 0.15) is 16.7 Å². The summed E-state index contributed by atoms with van der Waals surface area (Å²) in [4.78, 5) is 25.5. The summed E-state index contributed by atoms with van der Waals surface area (Å²) in [6.07, 6.45) is 0. The zero-order valence-electron chi connectivity index (χ0n) is 15.9. The molecule has 0 aliphatic heterocycles. The number of hydrogen-bond acceptors (Lipinski definition) is 6. The second kappa shape index (κ2) is 9.13. The number of hydrogen-bond donors (Lipinski definition) is 1. The van der Waals surface area contributed by atoms with Gasteiger partial charge in [-0.1, -0.05) is 24.3 Å². The lowest BCUT2D eigenvalue weighted by molar-refractivity contribution is -0.119. The van der Waals surface area contributed by atoms with Gasteiger partial charge in [0, 0.05) is 10.6 Å². The van der Waals surface area contributed by atoms with Crippen LogP contribution in [0.5, 0.6) is 5.75 Å². The van der Waals surface area contributed by atoms with Crippen molar-refractivity contribution in [2.45, 2.75) is 11.8 Å². The molecule has 3 aromatic carbocycles.